The number of benzene rings is 2. The van der Waals surface area contributed by atoms with E-state index in [1.165, 1.54) is 11.0 Å². The fraction of sp³-hybridized carbons (Fsp3) is 0.0455. The highest BCUT2D eigenvalue weighted by atomic mass is 16.2. The first-order valence-electron chi connectivity index (χ1n) is 8.43. The van der Waals surface area contributed by atoms with Crippen LogP contribution in [-0.2, 0) is 6.54 Å². The van der Waals surface area contributed by atoms with Crippen LogP contribution in [0.2, 0.25) is 0 Å². The molecule has 0 aliphatic rings. The lowest BCUT2D eigenvalue weighted by molar-refractivity contribution is 0.0986. The highest BCUT2D eigenvalue weighted by Crippen LogP contribution is 2.28. The number of hydrogen-bond acceptors (Lipinski definition) is 3. The number of hydrogen-bond donors (Lipinski definition) is 0. The van der Waals surface area contributed by atoms with Gasteiger partial charge in [-0.1, -0.05) is 54.6 Å². The van der Waals surface area contributed by atoms with Crippen molar-refractivity contribution in [3.8, 4) is 6.07 Å². The number of aromatic nitrogens is 2. The van der Waals surface area contributed by atoms with Crippen molar-refractivity contribution in [1.82, 2.24) is 9.55 Å². The summed E-state index contributed by atoms with van der Waals surface area (Å²) in [5, 5.41) is 9.35. The Kier molecular flexibility index (Phi) is 5.60. The van der Waals surface area contributed by atoms with E-state index < -0.39 is 0 Å². The first-order chi connectivity index (χ1) is 13.3. The van der Waals surface area contributed by atoms with Gasteiger partial charge in [0.05, 0.1) is 11.8 Å². The molecule has 0 radical (unpaired) electrons. The summed E-state index contributed by atoms with van der Waals surface area (Å²) < 4.78 is 1.72. The molecule has 1 heterocycles. The largest absolute Gasteiger partial charge is 0.323 e. The van der Waals surface area contributed by atoms with Gasteiger partial charge in [0.2, 0.25) is 0 Å². The summed E-state index contributed by atoms with van der Waals surface area (Å²) in [6.45, 7) is 4.19. The zero-order chi connectivity index (χ0) is 19.1. The second-order valence-corrected chi connectivity index (χ2v) is 5.69. The van der Waals surface area contributed by atoms with Crippen LogP contribution >= 0.6 is 0 Å². The number of rotatable bonds is 6. The Morgan fingerprint density at radius 1 is 1.15 bits per heavy atom. The topological polar surface area (TPSA) is 61.9 Å². The summed E-state index contributed by atoms with van der Waals surface area (Å²) in [6.07, 6.45) is 6.39. The number of amides is 1. The van der Waals surface area contributed by atoms with Gasteiger partial charge in [-0.05, 0) is 17.7 Å². The molecule has 0 aliphatic heterocycles. The number of allylic oxidation sites excluding steroid dienone is 2. The minimum Gasteiger partial charge on any atom is -0.323 e. The Morgan fingerprint density at radius 3 is 2.44 bits per heavy atom. The molecule has 1 aromatic heterocycles. The molecular weight excluding hydrogens is 336 g/mol. The Morgan fingerprint density at radius 2 is 1.81 bits per heavy atom. The second kappa shape index (κ2) is 8.45. The van der Waals surface area contributed by atoms with Gasteiger partial charge in [-0.3, -0.25) is 9.69 Å². The molecule has 0 unspecified atom stereocenters. The molecule has 0 atom stereocenters. The van der Waals surface area contributed by atoms with Crippen molar-refractivity contribution >= 4 is 17.3 Å². The lowest BCUT2D eigenvalue weighted by atomic mass is 10.1. The number of carbonyl (C=O) groups is 1. The summed E-state index contributed by atoms with van der Waals surface area (Å²) in [5.41, 5.74) is 1.90. The van der Waals surface area contributed by atoms with Crippen molar-refractivity contribution in [2.45, 2.75) is 6.54 Å². The summed E-state index contributed by atoms with van der Waals surface area (Å²) in [4.78, 5) is 19.2. The van der Waals surface area contributed by atoms with Crippen molar-refractivity contribution in [2.75, 3.05) is 4.90 Å². The first-order valence-corrected chi connectivity index (χ1v) is 8.43. The SMILES string of the molecule is C=CCn1ccnc1C(=O)N(/C(=C\C#N)c1ccccc1)c1ccccc1. The third-order valence-corrected chi connectivity index (χ3v) is 3.96. The van der Waals surface area contributed by atoms with Crippen molar-refractivity contribution in [1.29, 1.82) is 5.26 Å². The van der Waals surface area contributed by atoms with Gasteiger partial charge in [-0.25, -0.2) is 4.98 Å². The Bertz CT molecular complexity index is 998. The normalized spacial score (nSPS) is 10.9. The lowest BCUT2D eigenvalue weighted by Gasteiger charge is -2.25. The molecule has 0 saturated carbocycles. The average molecular weight is 354 g/mol. The number of nitrogens with zero attached hydrogens (tertiary/aromatic N) is 4. The molecule has 132 valence electrons. The van der Waals surface area contributed by atoms with Crippen molar-refractivity contribution in [3.05, 3.63) is 103 Å². The molecule has 27 heavy (non-hydrogen) atoms. The molecule has 0 aliphatic carbocycles. The molecule has 5 heteroatoms. The van der Waals surface area contributed by atoms with Gasteiger partial charge >= 0.3 is 0 Å². The zero-order valence-corrected chi connectivity index (χ0v) is 14.7. The van der Waals surface area contributed by atoms with Crippen molar-refractivity contribution in [3.63, 3.8) is 0 Å². The van der Waals surface area contributed by atoms with E-state index in [1.807, 2.05) is 60.7 Å². The maximum Gasteiger partial charge on any atom is 0.298 e. The van der Waals surface area contributed by atoms with Crippen LogP contribution < -0.4 is 4.90 Å². The van der Waals surface area contributed by atoms with Crippen molar-refractivity contribution in [2.24, 2.45) is 0 Å². The first kappa shape index (κ1) is 17.9. The maximum absolute atomic E-state index is 13.4. The zero-order valence-electron chi connectivity index (χ0n) is 14.7. The Balaban J connectivity index is 2.16. The van der Waals surface area contributed by atoms with Gasteiger partial charge < -0.3 is 4.57 Å². The molecule has 1 amide bonds. The van der Waals surface area contributed by atoms with Crippen molar-refractivity contribution < 1.29 is 4.79 Å². The predicted octanol–water partition coefficient (Wildman–Crippen LogP) is 4.28. The quantitative estimate of drug-likeness (QED) is 0.490. The summed E-state index contributed by atoms with van der Waals surface area (Å²) in [5.74, 6) is -0.0445. The third kappa shape index (κ3) is 3.86. The smallest absolute Gasteiger partial charge is 0.298 e. The molecule has 0 saturated heterocycles. The van der Waals surface area contributed by atoms with Crippen LogP contribution in [0, 0.1) is 11.3 Å². The molecule has 3 aromatic rings. The van der Waals surface area contributed by atoms with Crippen LogP contribution in [0.4, 0.5) is 5.69 Å². The number of carbonyl (C=O) groups excluding carboxylic acids is 1. The van der Waals surface area contributed by atoms with Crippen LogP contribution in [0.1, 0.15) is 16.2 Å². The molecule has 0 spiro atoms. The van der Waals surface area contributed by atoms with E-state index in [1.54, 1.807) is 23.0 Å². The van der Waals surface area contributed by atoms with Crippen LogP contribution in [0.15, 0.2) is 91.8 Å². The lowest BCUT2D eigenvalue weighted by Crippen LogP contribution is -2.32. The fourth-order valence-corrected chi connectivity index (χ4v) is 2.78. The maximum atomic E-state index is 13.4. The van der Waals surface area contributed by atoms with Crippen LogP contribution in [0.5, 0.6) is 0 Å². The number of anilines is 1. The van der Waals surface area contributed by atoms with E-state index in [-0.39, 0.29) is 11.7 Å². The van der Waals surface area contributed by atoms with E-state index in [0.29, 0.717) is 17.9 Å². The highest BCUT2D eigenvalue weighted by molar-refractivity contribution is 6.13. The van der Waals surface area contributed by atoms with E-state index in [4.69, 9.17) is 0 Å². The Labute approximate surface area is 158 Å². The van der Waals surface area contributed by atoms with Gasteiger partial charge in [0, 0.05) is 30.7 Å². The Hall–Kier alpha value is -3.91. The second-order valence-electron chi connectivity index (χ2n) is 5.69. The summed E-state index contributed by atoms with van der Waals surface area (Å²) >= 11 is 0. The fourth-order valence-electron chi connectivity index (χ4n) is 2.78. The van der Waals surface area contributed by atoms with Gasteiger partial charge in [0.15, 0.2) is 5.82 Å². The van der Waals surface area contributed by atoms with E-state index in [9.17, 15) is 10.1 Å². The van der Waals surface area contributed by atoms with Gasteiger partial charge in [-0.15, -0.1) is 6.58 Å². The standard InChI is InChI=1S/C22H18N4O/c1-2-16-25-17-15-24-21(25)22(27)26(19-11-7-4-8-12-19)20(13-14-23)18-9-5-3-6-10-18/h2-13,15,17H,1,16H2/b20-13-. The van der Waals surface area contributed by atoms with Crippen LogP contribution in [0.3, 0.4) is 0 Å². The van der Waals surface area contributed by atoms with E-state index in [0.717, 1.165) is 5.56 Å². The van der Waals surface area contributed by atoms with Crippen LogP contribution in [0.25, 0.3) is 5.70 Å². The average Bonchev–Trinajstić information content (AvgIpc) is 3.17. The van der Waals surface area contributed by atoms with Gasteiger partial charge in [0.25, 0.3) is 5.91 Å². The summed E-state index contributed by atoms with van der Waals surface area (Å²) in [7, 11) is 0. The molecule has 0 N–H and O–H groups in total. The van der Waals surface area contributed by atoms with Crippen LogP contribution in [-0.4, -0.2) is 15.5 Å². The molecule has 0 fully saturated rings. The van der Waals surface area contributed by atoms with Gasteiger partial charge in [-0.2, -0.15) is 5.26 Å². The number of para-hydroxylation sites is 1. The molecule has 3 rings (SSSR count). The minimum atomic E-state index is -0.321. The molecule has 0 bridgehead atoms. The summed E-state index contributed by atoms with van der Waals surface area (Å²) in [6, 6.07) is 20.6. The number of imidazole rings is 1. The monoisotopic (exact) mass is 354 g/mol. The van der Waals surface area contributed by atoms with Gasteiger partial charge in [0.1, 0.15) is 0 Å². The predicted molar refractivity (Wildman–Crippen MR) is 106 cm³/mol. The highest BCUT2D eigenvalue weighted by Gasteiger charge is 2.26. The van der Waals surface area contributed by atoms with E-state index >= 15 is 0 Å². The number of nitriles is 1. The molecular formula is C22H18N4O. The third-order valence-electron chi connectivity index (χ3n) is 3.96. The molecule has 5 nitrogen and oxygen atoms in total. The molecule has 2 aromatic carbocycles. The van der Waals surface area contributed by atoms with E-state index in [2.05, 4.69) is 17.6 Å². The minimum absolute atomic E-state index is 0.276.